The van der Waals surface area contributed by atoms with Gasteiger partial charge in [-0.05, 0) is 73.9 Å². The molecule has 3 aromatic rings. The summed E-state index contributed by atoms with van der Waals surface area (Å²) < 4.78 is 34.1. The van der Waals surface area contributed by atoms with Gasteiger partial charge in [-0.2, -0.15) is 0 Å². The number of halogens is 1. The summed E-state index contributed by atoms with van der Waals surface area (Å²) in [7, 11) is -2.59. The number of para-hydroxylation sites is 1. The minimum Gasteiger partial charge on any atom is -0.497 e. The zero-order valence-electron chi connectivity index (χ0n) is 23.3. The number of nitrogens with zero attached hydrogens (tertiary/aromatic N) is 2. The Bertz CT molecular complexity index is 1430. The van der Waals surface area contributed by atoms with E-state index < -0.39 is 28.5 Å². The molecule has 0 spiro atoms. The van der Waals surface area contributed by atoms with E-state index in [0.29, 0.717) is 16.5 Å². The summed E-state index contributed by atoms with van der Waals surface area (Å²) in [6, 6.07) is 20.7. The molecule has 0 saturated heterocycles. The van der Waals surface area contributed by atoms with Crippen LogP contribution in [0.3, 0.4) is 0 Å². The van der Waals surface area contributed by atoms with Crippen molar-refractivity contribution in [1.82, 2.24) is 10.2 Å². The average Bonchev–Trinajstić information content (AvgIpc) is 2.99. The number of benzene rings is 3. The lowest BCUT2D eigenvalue weighted by atomic mass is 9.95. The smallest absolute Gasteiger partial charge is 0.264 e. The molecule has 1 fully saturated rings. The molecule has 1 N–H and O–H groups in total. The Balaban J connectivity index is 1.66. The second-order valence-electron chi connectivity index (χ2n) is 10.2. The lowest BCUT2D eigenvalue weighted by Gasteiger charge is -2.33. The highest BCUT2D eigenvalue weighted by molar-refractivity contribution is 7.92. The van der Waals surface area contributed by atoms with Gasteiger partial charge >= 0.3 is 0 Å². The molecule has 41 heavy (non-hydrogen) atoms. The molecule has 0 aliphatic heterocycles. The Morgan fingerprint density at radius 1 is 0.976 bits per heavy atom. The van der Waals surface area contributed by atoms with Gasteiger partial charge in [-0.15, -0.1) is 0 Å². The molecular weight excluding hydrogens is 562 g/mol. The topological polar surface area (TPSA) is 96.0 Å². The van der Waals surface area contributed by atoms with E-state index in [1.54, 1.807) is 56.5 Å². The first-order valence-corrected chi connectivity index (χ1v) is 15.6. The largest absolute Gasteiger partial charge is 0.497 e. The molecule has 218 valence electrons. The fraction of sp³-hybridized carbons (Fsp3) is 0.355. The first kappa shape index (κ1) is 30.4. The molecule has 3 aromatic carbocycles. The van der Waals surface area contributed by atoms with Gasteiger partial charge in [0.05, 0.1) is 17.7 Å². The predicted molar refractivity (Wildman–Crippen MR) is 160 cm³/mol. The SMILES string of the molecule is COc1cccc(CN(C(=O)CN(c2ccccc2)S(=O)(=O)c2ccc(Cl)cc2)[C@H](C)C(=O)NC2CCCCC2)c1. The number of carbonyl (C=O) groups is 2. The Morgan fingerprint density at radius 3 is 2.32 bits per heavy atom. The van der Waals surface area contributed by atoms with Crippen LogP contribution >= 0.6 is 11.6 Å². The third-order valence-corrected chi connectivity index (χ3v) is 9.37. The Morgan fingerprint density at radius 2 is 1.66 bits per heavy atom. The van der Waals surface area contributed by atoms with E-state index in [0.717, 1.165) is 42.0 Å². The van der Waals surface area contributed by atoms with Gasteiger partial charge in [0.1, 0.15) is 18.3 Å². The Kier molecular flexibility index (Phi) is 10.3. The standard InChI is InChI=1S/C31H36ClN3O5S/c1-23(31(37)33-26-11-5-3-6-12-26)34(21-24-10-9-15-28(20-24)40-2)30(36)22-35(27-13-7-4-8-14-27)41(38,39)29-18-16-25(32)17-19-29/h4,7-10,13-20,23,26H,3,5-6,11-12,21-22H2,1-2H3,(H,33,37)/t23-/m1/s1. The summed E-state index contributed by atoms with van der Waals surface area (Å²) >= 11 is 6.00. The van der Waals surface area contributed by atoms with Crippen molar-refractivity contribution in [3.63, 3.8) is 0 Å². The number of nitrogens with one attached hydrogen (secondary N) is 1. The summed E-state index contributed by atoms with van der Waals surface area (Å²) in [5.41, 5.74) is 1.08. The number of methoxy groups -OCH3 is 1. The second-order valence-corrected chi connectivity index (χ2v) is 12.5. The Labute approximate surface area is 247 Å². The first-order valence-electron chi connectivity index (χ1n) is 13.7. The molecule has 2 amide bonds. The first-order chi connectivity index (χ1) is 19.7. The summed E-state index contributed by atoms with van der Waals surface area (Å²) in [6.07, 6.45) is 5.08. The van der Waals surface area contributed by atoms with Gasteiger partial charge in [-0.25, -0.2) is 8.42 Å². The molecule has 0 unspecified atom stereocenters. The average molecular weight is 598 g/mol. The van der Waals surface area contributed by atoms with Gasteiger partial charge in [0, 0.05) is 17.6 Å². The molecule has 0 radical (unpaired) electrons. The van der Waals surface area contributed by atoms with Gasteiger partial charge in [0.2, 0.25) is 11.8 Å². The fourth-order valence-corrected chi connectivity index (χ4v) is 6.52. The van der Waals surface area contributed by atoms with Crippen molar-refractivity contribution in [3.05, 3.63) is 89.4 Å². The van der Waals surface area contributed by atoms with Crippen LogP contribution in [-0.2, 0) is 26.2 Å². The van der Waals surface area contributed by atoms with E-state index in [2.05, 4.69) is 5.32 Å². The van der Waals surface area contributed by atoms with Crippen molar-refractivity contribution >= 4 is 39.1 Å². The van der Waals surface area contributed by atoms with Crippen LogP contribution in [0.15, 0.2) is 83.8 Å². The van der Waals surface area contributed by atoms with E-state index in [1.165, 1.54) is 29.2 Å². The number of rotatable bonds is 11. The number of ether oxygens (including phenoxy) is 1. The van der Waals surface area contributed by atoms with Crippen molar-refractivity contribution in [2.45, 2.75) is 62.6 Å². The molecule has 0 bridgehead atoms. The van der Waals surface area contributed by atoms with Crippen molar-refractivity contribution in [2.24, 2.45) is 0 Å². The molecule has 1 saturated carbocycles. The lowest BCUT2D eigenvalue weighted by Crippen LogP contribution is -2.53. The maximum Gasteiger partial charge on any atom is 0.264 e. The minimum atomic E-state index is -4.14. The van der Waals surface area contributed by atoms with Gasteiger partial charge in [-0.1, -0.05) is 61.2 Å². The van der Waals surface area contributed by atoms with Crippen LogP contribution in [0.25, 0.3) is 0 Å². The van der Waals surface area contributed by atoms with Gasteiger partial charge in [0.25, 0.3) is 10.0 Å². The quantitative estimate of drug-likeness (QED) is 0.319. The van der Waals surface area contributed by atoms with Crippen LogP contribution in [0.2, 0.25) is 5.02 Å². The summed E-state index contributed by atoms with van der Waals surface area (Å²) in [5.74, 6) is -0.161. The van der Waals surface area contributed by atoms with E-state index in [-0.39, 0.29) is 23.4 Å². The van der Waals surface area contributed by atoms with Gasteiger partial charge in [0.15, 0.2) is 0 Å². The lowest BCUT2D eigenvalue weighted by molar-refractivity contribution is -0.139. The van der Waals surface area contributed by atoms with E-state index in [9.17, 15) is 18.0 Å². The molecule has 8 nitrogen and oxygen atoms in total. The predicted octanol–water partition coefficient (Wildman–Crippen LogP) is 5.41. The molecule has 0 aromatic heterocycles. The minimum absolute atomic E-state index is 0.000916. The third-order valence-electron chi connectivity index (χ3n) is 7.33. The maximum atomic E-state index is 14.0. The van der Waals surface area contributed by atoms with Gasteiger partial charge in [-0.3, -0.25) is 13.9 Å². The van der Waals surface area contributed by atoms with Crippen LogP contribution in [0.4, 0.5) is 5.69 Å². The summed E-state index contributed by atoms with van der Waals surface area (Å²) in [5, 5.41) is 3.50. The Hall–Kier alpha value is -3.56. The number of carbonyl (C=O) groups excluding carboxylic acids is 2. The number of amides is 2. The number of anilines is 1. The van der Waals surface area contributed by atoms with Crippen molar-refractivity contribution in [3.8, 4) is 5.75 Å². The molecule has 1 aliphatic carbocycles. The number of hydrogen-bond acceptors (Lipinski definition) is 5. The zero-order valence-corrected chi connectivity index (χ0v) is 24.9. The fourth-order valence-electron chi connectivity index (χ4n) is 4.98. The van der Waals surface area contributed by atoms with Crippen LogP contribution in [0.1, 0.15) is 44.6 Å². The third kappa shape index (κ3) is 7.80. The monoisotopic (exact) mass is 597 g/mol. The van der Waals surface area contributed by atoms with Crippen molar-refractivity contribution < 1.29 is 22.7 Å². The highest BCUT2D eigenvalue weighted by atomic mass is 35.5. The van der Waals surface area contributed by atoms with Crippen LogP contribution < -0.4 is 14.4 Å². The number of hydrogen-bond donors (Lipinski definition) is 1. The second kappa shape index (κ2) is 13.9. The van der Waals surface area contributed by atoms with Gasteiger partial charge < -0.3 is 15.0 Å². The molecule has 0 heterocycles. The van der Waals surface area contributed by atoms with Crippen LogP contribution in [-0.4, -0.2) is 50.9 Å². The molecule has 1 aliphatic rings. The highest BCUT2D eigenvalue weighted by Crippen LogP contribution is 2.26. The zero-order chi connectivity index (χ0) is 29.4. The summed E-state index contributed by atoms with van der Waals surface area (Å²) in [6.45, 7) is 1.27. The molecule has 10 heteroatoms. The van der Waals surface area contributed by atoms with Crippen LogP contribution in [0, 0.1) is 0 Å². The highest BCUT2D eigenvalue weighted by Gasteiger charge is 2.33. The van der Waals surface area contributed by atoms with Crippen LogP contribution in [0.5, 0.6) is 5.75 Å². The summed E-state index contributed by atoms with van der Waals surface area (Å²) in [4.78, 5) is 28.9. The molecule has 4 rings (SSSR count). The van der Waals surface area contributed by atoms with E-state index >= 15 is 0 Å². The van der Waals surface area contributed by atoms with E-state index in [1.807, 2.05) is 12.1 Å². The van der Waals surface area contributed by atoms with Crippen molar-refractivity contribution in [1.29, 1.82) is 0 Å². The van der Waals surface area contributed by atoms with Crippen molar-refractivity contribution in [2.75, 3.05) is 18.0 Å². The molecule has 1 atom stereocenters. The van der Waals surface area contributed by atoms with E-state index in [4.69, 9.17) is 16.3 Å². The number of sulfonamides is 1. The maximum absolute atomic E-state index is 14.0. The molecular formula is C31H36ClN3O5S. The normalized spacial score (nSPS) is 14.6.